The summed E-state index contributed by atoms with van der Waals surface area (Å²) in [5, 5.41) is 8.85. The van der Waals surface area contributed by atoms with Crippen LogP contribution >= 0.6 is 0 Å². The fourth-order valence-corrected chi connectivity index (χ4v) is 2.56. The molecule has 1 saturated heterocycles. The molecule has 0 aromatic heterocycles. The SMILES string of the molecule is CCC(C)N1CCN(c2ccc(C(=O)O)cc2F)CC1. The number of benzene rings is 1. The molecule has 4 nitrogen and oxygen atoms in total. The molecule has 1 aromatic carbocycles. The average Bonchev–Trinajstić information content (AvgIpc) is 2.46. The number of piperazine rings is 1. The van der Waals surface area contributed by atoms with Crippen molar-refractivity contribution < 1.29 is 14.3 Å². The van der Waals surface area contributed by atoms with E-state index >= 15 is 0 Å². The lowest BCUT2D eigenvalue weighted by atomic mass is 10.1. The van der Waals surface area contributed by atoms with Crippen molar-refractivity contribution in [2.75, 3.05) is 31.1 Å². The number of halogens is 1. The van der Waals surface area contributed by atoms with Gasteiger partial charge in [0.15, 0.2) is 0 Å². The van der Waals surface area contributed by atoms with E-state index in [1.807, 2.05) is 4.90 Å². The van der Waals surface area contributed by atoms with Gasteiger partial charge in [0.2, 0.25) is 0 Å². The van der Waals surface area contributed by atoms with Crippen LogP contribution in [0.4, 0.5) is 10.1 Å². The molecule has 0 radical (unpaired) electrons. The van der Waals surface area contributed by atoms with Crippen molar-refractivity contribution in [3.8, 4) is 0 Å². The van der Waals surface area contributed by atoms with Crippen LogP contribution in [-0.4, -0.2) is 48.2 Å². The van der Waals surface area contributed by atoms with Gasteiger partial charge in [-0.2, -0.15) is 0 Å². The van der Waals surface area contributed by atoms with Gasteiger partial charge in [-0.1, -0.05) is 6.92 Å². The first kappa shape index (κ1) is 14.8. The van der Waals surface area contributed by atoms with E-state index in [4.69, 9.17) is 5.11 Å². The van der Waals surface area contributed by atoms with E-state index in [-0.39, 0.29) is 5.56 Å². The fourth-order valence-electron chi connectivity index (χ4n) is 2.56. The molecule has 0 amide bonds. The molecule has 2 rings (SSSR count). The summed E-state index contributed by atoms with van der Waals surface area (Å²) in [5.74, 6) is -1.56. The highest BCUT2D eigenvalue weighted by atomic mass is 19.1. The Morgan fingerprint density at radius 1 is 1.35 bits per heavy atom. The predicted molar refractivity (Wildman–Crippen MR) is 76.9 cm³/mol. The van der Waals surface area contributed by atoms with Gasteiger partial charge in [0.25, 0.3) is 0 Å². The molecular formula is C15H21FN2O2. The molecule has 1 unspecified atom stereocenters. The van der Waals surface area contributed by atoms with Gasteiger partial charge >= 0.3 is 5.97 Å². The summed E-state index contributed by atoms with van der Waals surface area (Å²) in [6.45, 7) is 7.74. The van der Waals surface area contributed by atoms with Crippen LogP contribution in [0, 0.1) is 5.82 Å². The van der Waals surface area contributed by atoms with Crippen molar-refractivity contribution in [2.45, 2.75) is 26.3 Å². The number of anilines is 1. The second-order valence-corrected chi connectivity index (χ2v) is 5.25. The van der Waals surface area contributed by atoms with Gasteiger partial charge in [0.05, 0.1) is 11.3 Å². The Morgan fingerprint density at radius 2 is 2.00 bits per heavy atom. The summed E-state index contributed by atoms with van der Waals surface area (Å²) in [4.78, 5) is 15.2. The minimum Gasteiger partial charge on any atom is -0.478 e. The molecule has 1 aromatic rings. The molecule has 110 valence electrons. The zero-order valence-electron chi connectivity index (χ0n) is 12.0. The summed E-state index contributed by atoms with van der Waals surface area (Å²) in [6.07, 6.45) is 1.11. The molecule has 0 bridgehead atoms. The van der Waals surface area contributed by atoms with Crippen LogP contribution in [0.1, 0.15) is 30.6 Å². The average molecular weight is 280 g/mol. The molecule has 1 atom stereocenters. The molecular weight excluding hydrogens is 259 g/mol. The zero-order chi connectivity index (χ0) is 14.7. The Bertz CT molecular complexity index is 485. The number of carboxylic acid groups (broad SMARTS) is 1. The van der Waals surface area contributed by atoms with Crippen molar-refractivity contribution in [3.05, 3.63) is 29.6 Å². The van der Waals surface area contributed by atoms with Crippen LogP contribution in [0.5, 0.6) is 0 Å². The maximum Gasteiger partial charge on any atom is 0.335 e. The van der Waals surface area contributed by atoms with E-state index in [1.165, 1.54) is 6.07 Å². The van der Waals surface area contributed by atoms with Gasteiger partial charge in [0.1, 0.15) is 5.82 Å². The number of aromatic carboxylic acids is 1. The summed E-state index contributed by atoms with van der Waals surface area (Å²) >= 11 is 0. The van der Waals surface area contributed by atoms with Gasteiger partial charge in [0, 0.05) is 32.2 Å². The summed E-state index contributed by atoms with van der Waals surface area (Å²) in [7, 11) is 0. The zero-order valence-corrected chi connectivity index (χ0v) is 12.0. The number of nitrogens with zero attached hydrogens (tertiary/aromatic N) is 2. The van der Waals surface area contributed by atoms with Crippen LogP contribution in [0.15, 0.2) is 18.2 Å². The lowest BCUT2D eigenvalue weighted by Gasteiger charge is -2.39. The highest BCUT2D eigenvalue weighted by molar-refractivity contribution is 5.88. The van der Waals surface area contributed by atoms with Crippen LogP contribution in [0.25, 0.3) is 0 Å². The van der Waals surface area contributed by atoms with E-state index in [0.717, 1.165) is 38.7 Å². The van der Waals surface area contributed by atoms with E-state index in [0.29, 0.717) is 11.7 Å². The second kappa shape index (κ2) is 6.22. The summed E-state index contributed by atoms with van der Waals surface area (Å²) in [5.41, 5.74) is 0.489. The molecule has 1 aliphatic rings. The summed E-state index contributed by atoms with van der Waals surface area (Å²) in [6, 6.07) is 4.68. The van der Waals surface area contributed by atoms with Crippen molar-refractivity contribution in [2.24, 2.45) is 0 Å². The molecule has 5 heteroatoms. The largest absolute Gasteiger partial charge is 0.478 e. The minimum atomic E-state index is -1.10. The lowest BCUT2D eigenvalue weighted by Crippen LogP contribution is -2.49. The number of hydrogen-bond donors (Lipinski definition) is 1. The number of hydrogen-bond acceptors (Lipinski definition) is 3. The molecule has 1 aliphatic heterocycles. The highest BCUT2D eigenvalue weighted by Gasteiger charge is 2.22. The first-order chi connectivity index (χ1) is 9.52. The molecule has 0 spiro atoms. The van der Waals surface area contributed by atoms with Crippen LogP contribution in [-0.2, 0) is 0 Å². The molecule has 1 heterocycles. The minimum absolute atomic E-state index is 0.00973. The Hall–Kier alpha value is -1.62. The Balaban J connectivity index is 2.05. The van der Waals surface area contributed by atoms with Gasteiger partial charge in [-0.15, -0.1) is 0 Å². The standard InChI is InChI=1S/C15H21FN2O2/c1-3-11(2)17-6-8-18(9-7-17)14-5-4-12(15(19)20)10-13(14)16/h4-5,10-11H,3,6-9H2,1-2H3,(H,19,20). The van der Waals surface area contributed by atoms with Crippen LogP contribution in [0.3, 0.4) is 0 Å². The third kappa shape index (κ3) is 3.10. The lowest BCUT2D eigenvalue weighted by molar-refractivity contribution is 0.0696. The fraction of sp³-hybridized carbons (Fsp3) is 0.533. The molecule has 0 saturated carbocycles. The second-order valence-electron chi connectivity index (χ2n) is 5.25. The van der Waals surface area contributed by atoms with Crippen molar-refractivity contribution in [1.82, 2.24) is 4.90 Å². The van der Waals surface area contributed by atoms with Crippen molar-refractivity contribution in [1.29, 1.82) is 0 Å². The summed E-state index contributed by atoms with van der Waals surface area (Å²) < 4.78 is 14.0. The predicted octanol–water partition coefficient (Wildman–Crippen LogP) is 2.44. The molecule has 20 heavy (non-hydrogen) atoms. The Morgan fingerprint density at radius 3 is 2.50 bits per heavy atom. The Labute approximate surface area is 118 Å². The van der Waals surface area contributed by atoms with Crippen LogP contribution in [0.2, 0.25) is 0 Å². The molecule has 1 fully saturated rings. The van der Waals surface area contributed by atoms with Crippen molar-refractivity contribution in [3.63, 3.8) is 0 Å². The van der Waals surface area contributed by atoms with E-state index in [1.54, 1.807) is 6.07 Å². The maximum atomic E-state index is 14.0. The first-order valence-electron chi connectivity index (χ1n) is 7.04. The Kier molecular flexibility index (Phi) is 4.60. The monoisotopic (exact) mass is 280 g/mol. The third-order valence-corrected chi connectivity index (χ3v) is 4.06. The first-order valence-corrected chi connectivity index (χ1v) is 7.04. The number of carboxylic acids is 1. The smallest absolute Gasteiger partial charge is 0.335 e. The van der Waals surface area contributed by atoms with Crippen molar-refractivity contribution >= 4 is 11.7 Å². The van der Waals surface area contributed by atoms with E-state index in [9.17, 15) is 9.18 Å². The van der Waals surface area contributed by atoms with Gasteiger partial charge < -0.3 is 10.0 Å². The van der Waals surface area contributed by atoms with Gasteiger partial charge in [-0.25, -0.2) is 9.18 Å². The number of carbonyl (C=O) groups is 1. The number of rotatable bonds is 4. The highest BCUT2D eigenvalue weighted by Crippen LogP contribution is 2.22. The molecule has 1 N–H and O–H groups in total. The normalized spacial score (nSPS) is 18.1. The quantitative estimate of drug-likeness (QED) is 0.920. The van der Waals surface area contributed by atoms with Gasteiger partial charge in [-0.3, -0.25) is 4.90 Å². The van der Waals surface area contributed by atoms with Gasteiger partial charge in [-0.05, 0) is 31.5 Å². The van der Waals surface area contributed by atoms with E-state index in [2.05, 4.69) is 18.7 Å². The third-order valence-electron chi connectivity index (χ3n) is 4.06. The maximum absolute atomic E-state index is 14.0. The van der Waals surface area contributed by atoms with Crippen LogP contribution < -0.4 is 4.90 Å². The topological polar surface area (TPSA) is 43.8 Å². The molecule has 0 aliphatic carbocycles. The van der Waals surface area contributed by atoms with E-state index < -0.39 is 11.8 Å².